The van der Waals surface area contributed by atoms with Gasteiger partial charge in [0.2, 0.25) is 5.91 Å². The molecule has 38 heavy (non-hydrogen) atoms. The number of amides is 1. The van der Waals surface area contributed by atoms with E-state index in [0.29, 0.717) is 30.4 Å². The van der Waals surface area contributed by atoms with Gasteiger partial charge in [-0.25, -0.2) is 4.90 Å². The Balaban J connectivity index is 1.44. The van der Waals surface area contributed by atoms with E-state index in [1.807, 2.05) is 17.8 Å². The molecule has 0 radical (unpaired) electrons. The lowest BCUT2D eigenvalue weighted by atomic mass is 9.68. The average Bonchev–Trinajstić information content (AvgIpc) is 2.91. The SMILES string of the molecule is CCCCCC(=O)N(C#N)CCCCCCCCCC1c2ccc(O)cc2SCC1(C)c1ccc(O)cc1. The van der Waals surface area contributed by atoms with Crippen LogP contribution in [-0.2, 0) is 10.2 Å². The molecule has 6 heteroatoms. The van der Waals surface area contributed by atoms with Crippen LogP contribution in [0, 0.1) is 11.5 Å². The lowest BCUT2D eigenvalue weighted by Gasteiger charge is -2.43. The molecule has 5 nitrogen and oxygen atoms in total. The van der Waals surface area contributed by atoms with E-state index in [9.17, 15) is 20.3 Å². The van der Waals surface area contributed by atoms with Crippen molar-refractivity contribution in [2.24, 2.45) is 0 Å². The number of hydrogen-bond donors (Lipinski definition) is 2. The van der Waals surface area contributed by atoms with Gasteiger partial charge in [-0.05, 0) is 60.6 Å². The van der Waals surface area contributed by atoms with Gasteiger partial charge >= 0.3 is 0 Å². The summed E-state index contributed by atoms with van der Waals surface area (Å²) < 4.78 is 0. The largest absolute Gasteiger partial charge is 0.508 e. The van der Waals surface area contributed by atoms with Crippen LogP contribution in [-0.4, -0.2) is 33.3 Å². The Morgan fingerprint density at radius 3 is 2.32 bits per heavy atom. The van der Waals surface area contributed by atoms with Gasteiger partial charge in [-0.2, -0.15) is 5.26 Å². The van der Waals surface area contributed by atoms with Crippen molar-refractivity contribution in [3.8, 4) is 17.7 Å². The van der Waals surface area contributed by atoms with Crippen LogP contribution in [0.1, 0.15) is 108 Å². The number of aromatic hydroxyl groups is 2. The van der Waals surface area contributed by atoms with Crippen LogP contribution >= 0.6 is 11.8 Å². The first kappa shape index (κ1) is 29.9. The van der Waals surface area contributed by atoms with Crippen LogP contribution in [0.15, 0.2) is 47.4 Å². The maximum atomic E-state index is 12.1. The smallest absolute Gasteiger partial charge is 0.235 e. The first-order valence-corrected chi connectivity index (χ1v) is 15.3. The van der Waals surface area contributed by atoms with Crippen LogP contribution in [0.4, 0.5) is 0 Å². The molecular weight excluding hydrogens is 492 g/mol. The summed E-state index contributed by atoms with van der Waals surface area (Å²) in [5.74, 6) is 1.89. The van der Waals surface area contributed by atoms with Crippen LogP contribution in [0.25, 0.3) is 0 Å². The molecule has 1 aliphatic heterocycles. The van der Waals surface area contributed by atoms with E-state index >= 15 is 0 Å². The van der Waals surface area contributed by atoms with Crippen molar-refractivity contribution in [2.45, 2.75) is 107 Å². The molecule has 0 bridgehead atoms. The lowest BCUT2D eigenvalue weighted by Crippen LogP contribution is -2.36. The number of unbranched alkanes of at least 4 members (excludes halogenated alkanes) is 8. The highest BCUT2D eigenvalue weighted by Gasteiger charge is 2.41. The van der Waals surface area contributed by atoms with Crippen molar-refractivity contribution in [1.29, 1.82) is 5.26 Å². The molecule has 0 saturated carbocycles. The molecule has 0 fully saturated rings. The number of carbonyl (C=O) groups excluding carboxylic acids is 1. The van der Waals surface area contributed by atoms with Crippen LogP contribution < -0.4 is 0 Å². The minimum Gasteiger partial charge on any atom is -0.508 e. The number of nitriles is 1. The number of phenols is 2. The number of phenolic OH excluding ortho intramolecular Hbond substituents is 2. The maximum Gasteiger partial charge on any atom is 0.235 e. The fourth-order valence-corrected chi connectivity index (χ4v) is 7.01. The molecule has 1 aliphatic rings. The van der Waals surface area contributed by atoms with Gasteiger partial charge < -0.3 is 10.2 Å². The van der Waals surface area contributed by atoms with E-state index in [4.69, 9.17) is 0 Å². The van der Waals surface area contributed by atoms with Crippen molar-refractivity contribution in [2.75, 3.05) is 12.3 Å². The molecule has 0 aromatic heterocycles. The molecule has 2 unspecified atom stereocenters. The second-order valence-corrected chi connectivity index (χ2v) is 11.9. The Kier molecular flexibility index (Phi) is 11.9. The molecule has 0 saturated heterocycles. The predicted molar refractivity (Wildman–Crippen MR) is 155 cm³/mol. The Morgan fingerprint density at radius 1 is 0.974 bits per heavy atom. The molecule has 0 spiro atoms. The third kappa shape index (κ3) is 8.17. The summed E-state index contributed by atoms with van der Waals surface area (Å²) in [6.45, 7) is 5.00. The normalized spacial score (nSPS) is 18.5. The molecular formula is C32H44N2O3S. The van der Waals surface area contributed by atoms with E-state index in [1.165, 1.54) is 40.2 Å². The van der Waals surface area contributed by atoms with Crippen LogP contribution in [0.3, 0.4) is 0 Å². The maximum absolute atomic E-state index is 12.1. The van der Waals surface area contributed by atoms with E-state index in [0.717, 1.165) is 57.1 Å². The quantitative estimate of drug-likeness (QED) is 0.136. The third-order valence-corrected chi connectivity index (χ3v) is 9.39. The van der Waals surface area contributed by atoms with Crippen molar-refractivity contribution >= 4 is 17.7 Å². The first-order valence-electron chi connectivity index (χ1n) is 14.3. The highest BCUT2D eigenvalue weighted by Crippen LogP contribution is 2.52. The van der Waals surface area contributed by atoms with E-state index in [2.05, 4.69) is 38.2 Å². The fraction of sp³-hybridized carbons (Fsp3) is 0.562. The summed E-state index contributed by atoms with van der Waals surface area (Å²) in [7, 11) is 0. The van der Waals surface area contributed by atoms with Crippen LogP contribution in [0.2, 0.25) is 0 Å². The highest BCUT2D eigenvalue weighted by molar-refractivity contribution is 7.99. The fourth-order valence-electron chi connectivity index (χ4n) is 5.60. The first-order chi connectivity index (χ1) is 18.4. The number of rotatable bonds is 15. The summed E-state index contributed by atoms with van der Waals surface area (Å²) >= 11 is 1.81. The molecule has 206 valence electrons. The van der Waals surface area contributed by atoms with Gasteiger partial charge in [0.1, 0.15) is 11.5 Å². The second kappa shape index (κ2) is 15.1. The van der Waals surface area contributed by atoms with Gasteiger partial charge in [0.25, 0.3) is 0 Å². The Morgan fingerprint density at radius 2 is 1.63 bits per heavy atom. The minimum atomic E-state index is -0.0388. The molecule has 3 rings (SSSR count). The van der Waals surface area contributed by atoms with Gasteiger partial charge in [-0.15, -0.1) is 11.8 Å². The van der Waals surface area contributed by atoms with Gasteiger partial charge in [0, 0.05) is 29.0 Å². The lowest BCUT2D eigenvalue weighted by molar-refractivity contribution is -0.128. The minimum absolute atomic E-state index is 0.0295. The van der Waals surface area contributed by atoms with Gasteiger partial charge in [-0.3, -0.25) is 4.79 Å². The van der Waals surface area contributed by atoms with Crippen molar-refractivity contribution in [3.63, 3.8) is 0 Å². The number of thioether (sulfide) groups is 1. The Bertz CT molecular complexity index is 1070. The molecule has 2 aromatic carbocycles. The summed E-state index contributed by atoms with van der Waals surface area (Å²) in [5, 5.41) is 29.1. The highest BCUT2D eigenvalue weighted by atomic mass is 32.2. The second-order valence-electron chi connectivity index (χ2n) is 10.9. The zero-order valence-electron chi connectivity index (χ0n) is 23.1. The van der Waals surface area contributed by atoms with Crippen molar-refractivity contribution < 1.29 is 15.0 Å². The number of nitrogens with zero attached hydrogens (tertiary/aromatic N) is 2. The summed E-state index contributed by atoms with van der Waals surface area (Å²) in [4.78, 5) is 14.7. The van der Waals surface area contributed by atoms with Crippen molar-refractivity contribution in [1.82, 2.24) is 4.90 Å². The number of fused-ring (bicyclic) bond motifs is 1. The molecule has 1 amide bonds. The van der Waals surface area contributed by atoms with Gasteiger partial charge in [-0.1, -0.05) is 83.4 Å². The zero-order chi connectivity index (χ0) is 27.4. The van der Waals surface area contributed by atoms with Crippen molar-refractivity contribution in [3.05, 3.63) is 53.6 Å². The Labute approximate surface area is 233 Å². The average molecular weight is 537 g/mol. The molecule has 2 atom stereocenters. The molecule has 0 aliphatic carbocycles. The molecule has 1 heterocycles. The van der Waals surface area contributed by atoms with Gasteiger partial charge in [0.05, 0.1) is 0 Å². The zero-order valence-corrected chi connectivity index (χ0v) is 23.9. The third-order valence-electron chi connectivity index (χ3n) is 7.99. The number of carbonyl (C=O) groups is 1. The summed E-state index contributed by atoms with van der Waals surface area (Å²) in [5.41, 5.74) is 2.53. The summed E-state index contributed by atoms with van der Waals surface area (Å²) in [6, 6.07) is 13.5. The number of benzene rings is 2. The topological polar surface area (TPSA) is 84.6 Å². The summed E-state index contributed by atoms with van der Waals surface area (Å²) in [6.07, 6.45) is 14.4. The molecule has 2 aromatic rings. The van der Waals surface area contributed by atoms with E-state index < -0.39 is 0 Å². The van der Waals surface area contributed by atoms with Gasteiger partial charge in [0.15, 0.2) is 6.19 Å². The number of hydrogen-bond acceptors (Lipinski definition) is 5. The van der Waals surface area contributed by atoms with Crippen LogP contribution in [0.5, 0.6) is 11.5 Å². The predicted octanol–water partition coefficient (Wildman–Crippen LogP) is 8.26. The monoisotopic (exact) mass is 536 g/mol. The van der Waals surface area contributed by atoms with E-state index in [1.54, 1.807) is 18.2 Å². The van der Waals surface area contributed by atoms with E-state index in [-0.39, 0.29) is 11.3 Å². The standard InChI is InChI=1S/C32H44N2O3S/c1-3-4-10-14-31(37)34(24-33)21-12-9-7-5-6-8-11-13-29-28-20-19-27(36)22-30(28)38-23-32(29,2)25-15-17-26(35)18-16-25/h15-20,22,29,35-36H,3-14,21,23H2,1-2H3. The molecule has 2 N–H and O–H groups in total. The Hall–Kier alpha value is -2.65.